The third-order valence-electron chi connectivity index (χ3n) is 18.7. The fourth-order valence-electron chi connectivity index (χ4n) is 13.6. The lowest BCUT2D eigenvalue weighted by Gasteiger charge is -2.42. The lowest BCUT2D eigenvalue weighted by molar-refractivity contribution is 0.332. The second-order valence-corrected chi connectivity index (χ2v) is 27.8. The minimum atomic E-state index is -0.0324. The van der Waals surface area contributed by atoms with Crippen molar-refractivity contribution in [2.24, 2.45) is 0 Å². The monoisotopic (exact) mass is 994 g/mol. The van der Waals surface area contributed by atoms with Crippen molar-refractivity contribution in [2.75, 3.05) is 5.32 Å². The molecule has 0 bridgehead atoms. The van der Waals surface area contributed by atoms with Gasteiger partial charge in [-0.2, -0.15) is 0 Å². The van der Waals surface area contributed by atoms with Crippen molar-refractivity contribution in [3.05, 3.63) is 173 Å². The molecular formula is C72H74BN2O. The lowest BCUT2D eigenvalue weighted by Crippen LogP contribution is -2.38. The van der Waals surface area contributed by atoms with Crippen LogP contribution in [0.2, 0.25) is 0 Å². The largest absolute Gasteiger partial charge is 0.456 e. The van der Waals surface area contributed by atoms with Crippen molar-refractivity contribution in [3.63, 3.8) is 0 Å². The first-order chi connectivity index (χ1) is 35.9. The first-order valence-corrected chi connectivity index (χ1v) is 28.2. The lowest BCUT2D eigenvalue weighted by atomic mass is 9.58. The van der Waals surface area contributed by atoms with Gasteiger partial charge in [0.1, 0.15) is 11.2 Å². The fourth-order valence-corrected chi connectivity index (χ4v) is 13.6. The maximum atomic E-state index is 7.20. The highest BCUT2D eigenvalue weighted by Crippen LogP contribution is 2.53. The molecule has 2 aliphatic carbocycles. The molecule has 381 valence electrons. The van der Waals surface area contributed by atoms with Gasteiger partial charge in [-0.05, 0) is 185 Å². The van der Waals surface area contributed by atoms with Gasteiger partial charge in [-0.15, -0.1) is 0 Å². The Bertz CT molecular complexity index is 4050. The molecule has 0 saturated carbocycles. The van der Waals surface area contributed by atoms with Crippen LogP contribution in [0.4, 0.5) is 11.4 Å². The molecule has 3 aliphatic rings. The van der Waals surface area contributed by atoms with Crippen LogP contribution < -0.4 is 16.2 Å². The Morgan fingerprint density at radius 1 is 0.474 bits per heavy atom. The predicted octanol–water partition coefficient (Wildman–Crippen LogP) is 18.7. The molecule has 0 fully saturated rings. The summed E-state index contributed by atoms with van der Waals surface area (Å²) in [5, 5.41) is 9.00. The Hall–Kier alpha value is -6.78. The van der Waals surface area contributed by atoms with E-state index in [1.807, 2.05) is 0 Å². The summed E-state index contributed by atoms with van der Waals surface area (Å²) in [5.74, 6) is 0. The summed E-state index contributed by atoms with van der Waals surface area (Å²) in [6.07, 6.45) is 4.61. The van der Waals surface area contributed by atoms with E-state index in [0.29, 0.717) is 0 Å². The number of rotatable bonds is 5. The summed E-state index contributed by atoms with van der Waals surface area (Å²) in [6.45, 7) is 33.4. The quantitative estimate of drug-likeness (QED) is 0.174. The molecule has 0 amide bonds. The Morgan fingerprint density at radius 3 is 1.64 bits per heavy atom. The van der Waals surface area contributed by atoms with Gasteiger partial charge in [-0.1, -0.05) is 181 Å². The average Bonchev–Trinajstić information content (AvgIpc) is 4.04. The van der Waals surface area contributed by atoms with E-state index in [0.717, 1.165) is 59.2 Å². The van der Waals surface area contributed by atoms with Crippen molar-refractivity contribution in [3.8, 4) is 39.1 Å². The molecule has 0 atom stereocenters. The second-order valence-electron chi connectivity index (χ2n) is 27.8. The number of aromatic nitrogens is 1. The Balaban J connectivity index is 1.19. The molecule has 0 saturated heterocycles. The van der Waals surface area contributed by atoms with Gasteiger partial charge in [0.25, 0.3) is 0 Å². The molecule has 1 N–H and O–H groups in total. The van der Waals surface area contributed by atoms with Crippen LogP contribution >= 0.6 is 0 Å². The first kappa shape index (κ1) is 48.8. The molecule has 4 heteroatoms. The summed E-state index contributed by atoms with van der Waals surface area (Å²) < 4.78 is 9.86. The number of fused-ring (bicyclic) bond motifs is 10. The van der Waals surface area contributed by atoms with Crippen LogP contribution in [-0.2, 0) is 32.5 Å². The molecule has 1 radical (unpaired) electrons. The molecular weight excluding hydrogens is 920 g/mol. The van der Waals surface area contributed by atoms with Gasteiger partial charge in [0.15, 0.2) is 7.28 Å². The third-order valence-corrected chi connectivity index (χ3v) is 18.7. The normalized spacial score (nSPS) is 17.1. The standard InChI is InChI=1S/C72H74BN2O/c1-67(2,3)43-24-27-45(28-25-43)74-59-38-50-49-36-54-57(72(13,14)33-31-69(54,7)8)41-63(49)76-62(50)39-48(59)52-35-51(47-23-19-18-22-46(47)42-20-16-15-17-21-42)64-53-37-55-56(71(11,12)32-30-70(55,9)10)40-61(53)75-60-29-26-44(68(4,5)6)34-58(60)73-65(52)66(64)75/h15-29,34-41,74H,30-33H2,1-14H3. The van der Waals surface area contributed by atoms with Crippen LogP contribution in [0, 0.1) is 0 Å². The van der Waals surface area contributed by atoms with Crippen LogP contribution in [0.5, 0.6) is 0 Å². The minimum Gasteiger partial charge on any atom is -0.456 e. The van der Waals surface area contributed by atoms with Gasteiger partial charge < -0.3 is 14.3 Å². The van der Waals surface area contributed by atoms with E-state index in [2.05, 4.69) is 254 Å². The third kappa shape index (κ3) is 7.58. The summed E-state index contributed by atoms with van der Waals surface area (Å²) >= 11 is 0. The molecule has 1 aliphatic heterocycles. The number of nitrogens with zero attached hydrogens (tertiary/aromatic N) is 1. The Morgan fingerprint density at radius 2 is 1.01 bits per heavy atom. The van der Waals surface area contributed by atoms with Crippen molar-refractivity contribution >= 4 is 73.3 Å². The minimum absolute atomic E-state index is 0.0304. The van der Waals surface area contributed by atoms with Gasteiger partial charge in [-0.3, -0.25) is 0 Å². The number of anilines is 2. The molecule has 3 nitrogen and oxygen atoms in total. The van der Waals surface area contributed by atoms with E-state index in [4.69, 9.17) is 4.42 Å². The van der Waals surface area contributed by atoms with Gasteiger partial charge in [-0.25, -0.2) is 0 Å². The highest BCUT2D eigenvalue weighted by Gasteiger charge is 2.41. The van der Waals surface area contributed by atoms with E-state index in [9.17, 15) is 0 Å². The number of benzene rings is 8. The zero-order valence-electron chi connectivity index (χ0n) is 47.5. The first-order valence-electron chi connectivity index (χ1n) is 28.2. The molecule has 13 rings (SSSR count). The van der Waals surface area contributed by atoms with E-state index >= 15 is 0 Å². The fraction of sp³-hybridized carbons (Fsp3) is 0.333. The Kier molecular flexibility index (Phi) is 10.5. The number of hydrogen-bond donors (Lipinski definition) is 1. The molecule has 0 unspecified atom stereocenters. The molecule has 0 spiro atoms. The zero-order chi connectivity index (χ0) is 53.2. The molecule has 10 aromatic rings. The summed E-state index contributed by atoms with van der Waals surface area (Å²) in [5.41, 5.74) is 26.0. The van der Waals surface area contributed by atoms with Crippen molar-refractivity contribution in [2.45, 2.75) is 155 Å². The van der Waals surface area contributed by atoms with Crippen LogP contribution in [0.25, 0.3) is 82.8 Å². The van der Waals surface area contributed by atoms with E-state index in [1.165, 1.54) is 105 Å². The van der Waals surface area contributed by atoms with Gasteiger partial charge in [0.05, 0.1) is 5.52 Å². The summed E-state index contributed by atoms with van der Waals surface area (Å²) in [7, 11) is 2.52. The predicted molar refractivity (Wildman–Crippen MR) is 327 cm³/mol. The van der Waals surface area contributed by atoms with Crippen molar-refractivity contribution in [1.29, 1.82) is 0 Å². The van der Waals surface area contributed by atoms with Crippen LogP contribution in [0.3, 0.4) is 0 Å². The second kappa shape index (κ2) is 16.4. The summed E-state index contributed by atoms with van der Waals surface area (Å²) in [4.78, 5) is 0. The van der Waals surface area contributed by atoms with Gasteiger partial charge >= 0.3 is 0 Å². The van der Waals surface area contributed by atoms with Crippen LogP contribution in [-0.4, -0.2) is 11.8 Å². The van der Waals surface area contributed by atoms with Gasteiger partial charge in [0.2, 0.25) is 0 Å². The van der Waals surface area contributed by atoms with Crippen molar-refractivity contribution < 1.29 is 4.42 Å². The van der Waals surface area contributed by atoms with E-state index in [-0.39, 0.29) is 32.5 Å². The van der Waals surface area contributed by atoms with E-state index in [1.54, 1.807) is 0 Å². The smallest absolute Gasteiger partial charge is 0.197 e. The molecule has 76 heavy (non-hydrogen) atoms. The summed E-state index contributed by atoms with van der Waals surface area (Å²) in [6, 6.07) is 53.8. The molecule has 3 heterocycles. The zero-order valence-corrected chi connectivity index (χ0v) is 47.5. The van der Waals surface area contributed by atoms with Crippen LogP contribution in [0.1, 0.15) is 156 Å². The SMILES string of the molecule is CC(C)(C)c1ccc(Nc2cc3c(cc2-c2cc(-c4ccccc4-c4ccccc4)c4c5cc6c(cc5n5c4c2[B]c2cc(C(C)(C)C)ccc2-5)C(C)(C)CCC6(C)C)oc2cc4c(cc23)C(C)(C)CCC4(C)C)cc1. The highest BCUT2D eigenvalue weighted by molar-refractivity contribution is 6.73. The molecule has 2 aromatic heterocycles. The van der Waals surface area contributed by atoms with Crippen molar-refractivity contribution in [1.82, 2.24) is 4.57 Å². The number of hydrogen-bond acceptors (Lipinski definition) is 2. The Labute approximate surface area is 452 Å². The van der Waals surface area contributed by atoms with Crippen LogP contribution in [0.15, 0.2) is 144 Å². The maximum absolute atomic E-state index is 7.20. The number of furan rings is 1. The van der Waals surface area contributed by atoms with E-state index < -0.39 is 0 Å². The average molecular weight is 994 g/mol. The maximum Gasteiger partial charge on any atom is 0.197 e. The number of nitrogens with one attached hydrogen (secondary N) is 1. The van der Waals surface area contributed by atoms with Gasteiger partial charge in [0, 0.05) is 49.7 Å². The highest BCUT2D eigenvalue weighted by atomic mass is 16.3. The molecule has 8 aromatic carbocycles. The topological polar surface area (TPSA) is 30.1 Å².